The van der Waals surface area contributed by atoms with Crippen LogP contribution in [0.4, 0.5) is 0 Å². The Labute approximate surface area is 134 Å². The third-order valence-electron chi connectivity index (χ3n) is 3.98. The van der Waals surface area contributed by atoms with Gasteiger partial charge in [-0.1, -0.05) is 23.7 Å². The first kappa shape index (κ1) is 15.1. The van der Waals surface area contributed by atoms with E-state index in [0.717, 1.165) is 5.56 Å². The lowest BCUT2D eigenvalue weighted by atomic mass is 10.2. The molecule has 3 rings (SSSR count). The van der Waals surface area contributed by atoms with Crippen molar-refractivity contribution in [3.8, 4) is 11.3 Å². The maximum absolute atomic E-state index is 11.9. The number of rotatable bonds is 6. The van der Waals surface area contributed by atoms with Crippen molar-refractivity contribution in [2.45, 2.75) is 38.6 Å². The Balaban J connectivity index is 1.55. The number of carbonyl (C=O) groups excluding carboxylic acids is 1. The van der Waals surface area contributed by atoms with Gasteiger partial charge in [-0.05, 0) is 37.8 Å². The van der Waals surface area contributed by atoms with E-state index in [1.807, 2.05) is 24.3 Å². The quantitative estimate of drug-likeness (QED) is 0.880. The largest absolute Gasteiger partial charge is 0.441 e. The van der Waals surface area contributed by atoms with E-state index >= 15 is 0 Å². The first-order valence-electron chi connectivity index (χ1n) is 7.62. The summed E-state index contributed by atoms with van der Waals surface area (Å²) in [5.74, 6) is 1.91. The molecule has 1 aliphatic carbocycles. The molecular weight excluding hydrogens is 300 g/mol. The van der Waals surface area contributed by atoms with Gasteiger partial charge in [-0.3, -0.25) is 4.79 Å². The van der Waals surface area contributed by atoms with Crippen molar-refractivity contribution in [2.24, 2.45) is 5.92 Å². The average Bonchev–Trinajstić information content (AvgIpc) is 3.25. The molecular formula is C17H19ClN2O2. The van der Waals surface area contributed by atoms with Crippen LogP contribution in [0.2, 0.25) is 5.02 Å². The van der Waals surface area contributed by atoms with Gasteiger partial charge in [0.05, 0.1) is 11.2 Å². The van der Waals surface area contributed by atoms with Gasteiger partial charge >= 0.3 is 0 Å². The number of nitrogens with one attached hydrogen (secondary N) is 1. The molecule has 0 saturated heterocycles. The zero-order valence-electron chi connectivity index (χ0n) is 12.5. The minimum absolute atomic E-state index is 0.0527. The molecule has 4 nitrogen and oxygen atoms in total. The third kappa shape index (κ3) is 3.69. The first-order valence-corrected chi connectivity index (χ1v) is 8.00. The van der Waals surface area contributed by atoms with Crippen LogP contribution in [0.1, 0.15) is 32.1 Å². The van der Waals surface area contributed by atoms with E-state index in [1.165, 1.54) is 12.8 Å². The van der Waals surface area contributed by atoms with Gasteiger partial charge in [-0.15, -0.1) is 0 Å². The fourth-order valence-electron chi connectivity index (χ4n) is 2.47. The summed E-state index contributed by atoms with van der Waals surface area (Å²) in [6, 6.07) is 7.74. The van der Waals surface area contributed by atoms with Crippen LogP contribution in [0.5, 0.6) is 0 Å². The zero-order chi connectivity index (χ0) is 15.5. The second-order valence-electron chi connectivity index (χ2n) is 5.79. The summed E-state index contributed by atoms with van der Waals surface area (Å²) >= 11 is 6.14. The lowest BCUT2D eigenvalue weighted by molar-refractivity contribution is -0.121. The molecule has 2 aromatic rings. The monoisotopic (exact) mass is 318 g/mol. The molecule has 1 aromatic heterocycles. The Morgan fingerprint density at radius 3 is 2.95 bits per heavy atom. The van der Waals surface area contributed by atoms with E-state index in [0.29, 0.717) is 35.4 Å². The van der Waals surface area contributed by atoms with Crippen LogP contribution >= 0.6 is 11.6 Å². The van der Waals surface area contributed by atoms with E-state index < -0.39 is 0 Å². The number of halogens is 1. The molecule has 0 spiro atoms. The highest BCUT2D eigenvalue weighted by atomic mass is 35.5. The summed E-state index contributed by atoms with van der Waals surface area (Å²) in [5, 5.41) is 3.66. The highest BCUT2D eigenvalue weighted by Crippen LogP contribution is 2.32. The summed E-state index contributed by atoms with van der Waals surface area (Å²) in [6.45, 7) is 2.07. The molecule has 1 heterocycles. The lowest BCUT2D eigenvalue weighted by Gasteiger charge is -2.11. The number of aryl methyl sites for hydroxylation is 1. The topological polar surface area (TPSA) is 55.1 Å². The molecule has 5 heteroatoms. The Kier molecular flexibility index (Phi) is 4.48. The van der Waals surface area contributed by atoms with Crippen molar-refractivity contribution in [1.82, 2.24) is 10.3 Å². The van der Waals surface area contributed by atoms with Gasteiger partial charge < -0.3 is 9.73 Å². The number of aromatic nitrogens is 1. The zero-order valence-corrected chi connectivity index (χ0v) is 13.3. The number of amides is 1. The summed E-state index contributed by atoms with van der Waals surface area (Å²) in [4.78, 5) is 16.1. The van der Waals surface area contributed by atoms with Crippen LogP contribution in [-0.4, -0.2) is 16.9 Å². The number of nitrogens with zero attached hydrogens (tertiary/aromatic N) is 1. The molecule has 116 valence electrons. The van der Waals surface area contributed by atoms with Gasteiger partial charge in [0.1, 0.15) is 0 Å². The van der Waals surface area contributed by atoms with E-state index in [-0.39, 0.29) is 11.9 Å². The van der Waals surface area contributed by atoms with E-state index in [1.54, 1.807) is 6.20 Å². The molecule has 1 aliphatic rings. The molecule has 1 fully saturated rings. The van der Waals surface area contributed by atoms with Gasteiger partial charge in [0.25, 0.3) is 0 Å². The Morgan fingerprint density at radius 1 is 1.45 bits per heavy atom. The molecule has 1 saturated carbocycles. The lowest BCUT2D eigenvalue weighted by Crippen LogP contribution is -2.34. The minimum atomic E-state index is 0.0527. The first-order chi connectivity index (χ1) is 10.6. The number of benzene rings is 1. The number of oxazole rings is 1. The van der Waals surface area contributed by atoms with Crippen molar-refractivity contribution in [2.75, 3.05) is 0 Å². The predicted molar refractivity (Wildman–Crippen MR) is 85.6 cm³/mol. The Morgan fingerprint density at radius 2 is 2.23 bits per heavy atom. The van der Waals surface area contributed by atoms with Gasteiger partial charge in [0.2, 0.25) is 5.91 Å². The molecule has 0 unspecified atom stereocenters. The molecule has 1 atom stereocenters. The fourth-order valence-corrected chi connectivity index (χ4v) is 2.70. The minimum Gasteiger partial charge on any atom is -0.441 e. The Hall–Kier alpha value is -1.81. The highest BCUT2D eigenvalue weighted by Gasteiger charge is 2.28. The standard InChI is InChI=1S/C17H19ClN2O2/c1-11(12-6-7-12)20-16(21)8-9-17-19-10-15(22-17)13-4-2-3-5-14(13)18/h2-5,10-12H,6-9H2,1H3,(H,20,21)/t11-/m0/s1. The molecule has 1 amide bonds. The van der Waals surface area contributed by atoms with Gasteiger partial charge in [-0.25, -0.2) is 4.98 Å². The van der Waals surface area contributed by atoms with Gasteiger partial charge in [0, 0.05) is 24.4 Å². The van der Waals surface area contributed by atoms with E-state index in [4.69, 9.17) is 16.0 Å². The third-order valence-corrected chi connectivity index (χ3v) is 4.31. The second kappa shape index (κ2) is 6.53. The van der Waals surface area contributed by atoms with Crippen LogP contribution < -0.4 is 5.32 Å². The van der Waals surface area contributed by atoms with Crippen LogP contribution in [0.15, 0.2) is 34.9 Å². The number of hydrogen-bond acceptors (Lipinski definition) is 3. The molecule has 1 aromatic carbocycles. The fraction of sp³-hybridized carbons (Fsp3) is 0.412. The van der Waals surface area contributed by atoms with Crippen LogP contribution in [-0.2, 0) is 11.2 Å². The van der Waals surface area contributed by atoms with Gasteiger partial charge in [0.15, 0.2) is 11.7 Å². The summed E-state index contributed by atoms with van der Waals surface area (Å²) in [6.07, 6.45) is 4.99. The van der Waals surface area contributed by atoms with Crippen molar-refractivity contribution < 1.29 is 9.21 Å². The number of hydrogen-bond donors (Lipinski definition) is 1. The van der Waals surface area contributed by atoms with Crippen molar-refractivity contribution in [1.29, 1.82) is 0 Å². The van der Waals surface area contributed by atoms with Crippen molar-refractivity contribution in [3.63, 3.8) is 0 Å². The smallest absolute Gasteiger partial charge is 0.220 e. The van der Waals surface area contributed by atoms with Gasteiger partial charge in [-0.2, -0.15) is 0 Å². The van der Waals surface area contributed by atoms with Crippen LogP contribution in [0, 0.1) is 5.92 Å². The molecule has 0 bridgehead atoms. The normalized spacial score (nSPS) is 15.5. The maximum Gasteiger partial charge on any atom is 0.220 e. The van der Waals surface area contributed by atoms with Crippen LogP contribution in [0.3, 0.4) is 0 Å². The molecule has 22 heavy (non-hydrogen) atoms. The number of carbonyl (C=O) groups is 1. The molecule has 1 N–H and O–H groups in total. The predicted octanol–water partition coefficient (Wildman–Crippen LogP) is 3.84. The highest BCUT2D eigenvalue weighted by molar-refractivity contribution is 6.33. The average molecular weight is 319 g/mol. The summed E-state index contributed by atoms with van der Waals surface area (Å²) in [7, 11) is 0. The Bertz CT molecular complexity index is 664. The van der Waals surface area contributed by atoms with E-state index in [9.17, 15) is 4.79 Å². The maximum atomic E-state index is 11.9. The van der Waals surface area contributed by atoms with Crippen LogP contribution in [0.25, 0.3) is 11.3 Å². The van der Waals surface area contributed by atoms with Crippen molar-refractivity contribution >= 4 is 17.5 Å². The second-order valence-corrected chi connectivity index (χ2v) is 6.20. The summed E-state index contributed by atoms with van der Waals surface area (Å²) < 4.78 is 5.69. The summed E-state index contributed by atoms with van der Waals surface area (Å²) in [5.41, 5.74) is 0.815. The molecule has 0 radical (unpaired) electrons. The SMILES string of the molecule is C[C@H](NC(=O)CCc1ncc(-c2ccccc2Cl)o1)C1CC1. The van der Waals surface area contributed by atoms with E-state index in [2.05, 4.69) is 17.2 Å². The molecule has 0 aliphatic heterocycles. The van der Waals surface area contributed by atoms with Crippen molar-refractivity contribution in [3.05, 3.63) is 41.4 Å².